The van der Waals surface area contributed by atoms with Gasteiger partial charge in [0.1, 0.15) is 10.5 Å². The number of methoxy groups -OCH3 is 1. The van der Waals surface area contributed by atoms with E-state index in [9.17, 15) is 4.79 Å². The van der Waals surface area contributed by atoms with Crippen LogP contribution in [0.3, 0.4) is 0 Å². The highest BCUT2D eigenvalue weighted by Crippen LogP contribution is 2.13. The van der Waals surface area contributed by atoms with Gasteiger partial charge < -0.3 is 10.1 Å². The lowest BCUT2D eigenvalue weighted by molar-refractivity contribution is -0.145. The SMILES string of the molecule is COC(=O)[C@@H](C=C(Cl)Cl)N1CCNCC1. The van der Waals surface area contributed by atoms with Crippen molar-refractivity contribution in [2.24, 2.45) is 0 Å². The minimum atomic E-state index is -0.484. The molecule has 4 nitrogen and oxygen atoms in total. The summed E-state index contributed by atoms with van der Waals surface area (Å²) in [4.78, 5) is 13.5. The third-order valence-corrected chi connectivity index (χ3v) is 2.52. The maximum atomic E-state index is 11.5. The number of nitrogens with zero attached hydrogens (tertiary/aromatic N) is 1. The van der Waals surface area contributed by atoms with Gasteiger partial charge in [0.05, 0.1) is 7.11 Å². The molecule has 0 bridgehead atoms. The van der Waals surface area contributed by atoms with Gasteiger partial charge in [0.2, 0.25) is 0 Å². The monoisotopic (exact) mass is 252 g/mol. The molecule has 6 heteroatoms. The minimum absolute atomic E-state index is 0.0870. The van der Waals surface area contributed by atoms with E-state index in [4.69, 9.17) is 27.9 Å². The van der Waals surface area contributed by atoms with Crippen molar-refractivity contribution in [1.29, 1.82) is 0 Å². The van der Waals surface area contributed by atoms with Gasteiger partial charge in [-0.2, -0.15) is 0 Å². The van der Waals surface area contributed by atoms with Crippen LogP contribution in [0.2, 0.25) is 0 Å². The van der Waals surface area contributed by atoms with Crippen molar-refractivity contribution in [2.75, 3.05) is 33.3 Å². The van der Waals surface area contributed by atoms with Crippen LogP contribution in [-0.4, -0.2) is 50.2 Å². The summed E-state index contributed by atoms with van der Waals surface area (Å²) in [5, 5.41) is 3.20. The first-order valence-electron chi connectivity index (χ1n) is 4.70. The zero-order valence-corrected chi connectivity index (χ0v) is 10.0. The molecule has 86 valence electrons. The van der Waals surface area contributed by atoms with E-state index in [0.717, 1.165) is 26.2 Å². The molecular weight excluding hydrogens is 239 g/mol. The largest absolute Gasteiger partial charge is 0.468 e. The normalized spacial score (nSPS) is 19.4. The number of carbonyl (C=O) groups is 1. The molecule has 0 amide bonds. The van der Waals surface area contributed by atoms with E-state index in [2.05, 4.69) is 5.32 Å². The molecule has 15 heavy (non-hydrogen) atoms. The van der Waals surface area contributed by atoms with Crippen LogP contribution in [0.4, 0.5) is 0 Å². The summed E-state index contributed by atoms with van der Waals surface area (Å²) in [6.07, 6.45) is 1.50. The second-order valence-electron chi connectivity index (χ2n) is 3.21. The summed E-state index contributed by atoms with van der Waals surface area (Å²) in [7, 11) is 1.35. The predicted octanol–water partition coefficient (Wildman–Crippen LogP) is 0.752. The Labute approximate surface area is 99.2 Å². The van der Waals surface area contributed by atoms with Gasteiger partial charge in [0.15, 0.2) is 0 Å². The zero-order valence-electron chi connectivity index (χ0n) is 8.50. The first kappa shape index (κ1) is 12.8. The summed E-state index contributed by atoms with van der Waals surface area (Å²) < 4.78 is 4.79. The smallest absolute Gasteiger partial charge is 0.327 e. The van der Waals surface area contributed by atoms with Gasteiger partial charge in [-0.05, 0) is 6.08 Å². The van der Waals surface area contributed by atoms with E-state index in [1.54, 1.807) is 0 Å². The molecule has 0 spiro atoms. The van der Waals surface area contributed by atoms with Crippen LogP contribution in [-0.2, 0) is 9.53 Å². The summed E-state index contributed by atoms with van der Waals surface area (Å²) in [5.74, 6) is -0.337. The Hall–Kier alpha value is -0.290. The fourth-order valence-electron chi connectivity index (χ4n) is 1.52. The number of nitrogens with one attached hydrogen (secondary N) is 1. The highest BCUT2D eigenvalue weighted by molar-refractivity contribution is 6.56. The fourth-order valence-corrected chi connectivity index (χ4v) is 1.76. The van der Waals surface area contributed by atoms with Gasteiger partial charge in [0, 0.05) is 26.2 Å². The second kappa shape index (κ2) is 6.33. The van der Waals surface area contributed by atoms with Crippen molar-refractivity contribution in [2.45, 2.75) is 6.04 Å². The number of piperazine rings is 1. The zero-order chi connectivity index (χ0) is 11.3. The second-order valence-corrected chi connectivity index (χ2v) is 4.22. The summed E-state index contributed by atoms with van der Waals surface area (Å²) >= 11 is 11.1. The fraction of sp³-hybridized carbons (Fsp3) is 0.667. The molecule has 1 fully saturated rings. The topological polar surface area (TPSA) is 41.6 Å². The molecule has 0 aromatic rings. The molecule has 0 aromatic heterocycles. The van der Waals surface area contributed by atoms with E-state index >= 15 is 0 Å². The lowest BCUT2D eigenvalue weighted by Gasteiger charge is -2.31. The van der Waals surface area contributed by atoms with Crippen LogP contribution in [0.15, 0.2) is 10.6 Å². The quantitative estimate of drug-likeness (QED) is 0.754. The maximum Gasteiger partial charge on any atom is 0.327 e. The Morgan fingerprint density at radius 2 is 2.07 bits per heavy atom. The molecule has 1 rings (SSSR count). The van der Waals surface area contributed by atoms with Crippen molar-refractivity contribution < 1.29 is 9.53 Å². The van der Waals surface area contributed by atoms with E-state index in [-0.39, 0.29) is 10.5 Å². The Bertz CT molecular complexity index is 248. The number of rotatable bonds is 3. The van der Waals surface area contributed by atoms with Crippen LogP contribution in [0.1, 0.15) is 0 Å². The van der Waals surface area contributed by atoms with Crippen LogP contribution >= 0.6 is 23.2 Å². The van der Waals surface area contributed by atoms with Crippen molar-refractivity contribution in [3.8, 4) is 0 Å². The Morgan fingerprint density at radius 1 is 1.47 bits per heavy atom. The Kier molecular flexibility index (Phi) is 5.39. The van der Waals surface area contributed by atoms with E-state index < -0.39 is 6.04 Å². The van der Waals surface area contributed by atoms with Gasteiger partial charge in [0.25, 0.3) is 0 Å². The molecular formula is C9H14Cl2N2O2. The molecule has 0 aromatic carbocycles. The minimum Gasteiger partial charge on any atom is -0.468 e. The molecule has 1 N–H and O–H groups in total. The van der Waals surface area contributed by atoms with E-state index in [1.165, 1.54) is 13.2 Å². The Balaban J connectivity index is 2.70. The molecule has 1 saturated heterocycles. The molecule has 1 aliphatic heterocycles. The molecule has 1 atom stereocenters. The number of ether oxygens (including phenoxy) is 1. The highest BCUT2D eigenvalue weighted by Gasteiger charge is 2.26. The van der Waals surface area contributed by atoms with E-state index in [0.29, 0.717) is 0 Å². The number of hydrogen-bond donors (Lipinski definition) is 1. The highest BCUT2D eigenvalue weighted by atomic mass is 35.5. The standard InChI is InChI=1S/C9H14Cl2N2O2/c1-15-9(14)7(6-8(10)11)13-4-2-12-3-5-13/h6-7,12H,2-5H2,1H3/t7-/m1/s1. The average Bonchev–Trinajstić information content (AvgIpc) is 2.26. The predicted molar refractivity (Wildman–Crippen MR) is 60.0 cm³/mol. The number of hydrogen-bond acceptors (Lipinski definition) is 4. The van der Waals surface area contributed by atoms with Gasteiger partial charge in [-0.1, -0.05) is 23.2 Å². The van der Waals surface area contributed by atoms with E-state index in [1.807, 2.05) is 4.90 Å². The maximum absolute atomic E-state index is 11.5. The summed E-state index contributed by atoms with van der Waals surface area (Å²) in [6.45, 7) is 3.25. The molecule has 0 aliphatic carbocycles. The number of esters is 1. The lowest BCUT2D eigenvalue weighted by atomic mass is 10.2. The van der Waals surface area contributed by atoms with Crippen LogP contribution in [0.5, 0.6) is 0 Å². The third-order valence-electron chi connectivity index (χ3n) is 2.27. The molecule has 1 aliphatic rings. The number of halogens is 2. The summed E-state index contributed by atoms with van der Waals surface area (Å²) in [6, 6.07) is -0.484. The van der Waals surface area contributed by atoms with Gasteiger partial charge in [-0.3, -0.25) is 9.69 Å². The van der Waals surface area contributed by atoms with Crippen molar-refractivity contribution in [3.63, 3.8) is 0 Å². The molecule has 0 saturated carbocycles. The Morgan fingerprint density at radius 3 is 2.53 bits per heavy atom. The molecule has 0 radical (unpaired) electrons. The first-order chi connectivity index (χ1) is 7.15. The van der Waals surface area contributed by atoms with Crippen LogP contribution in [0, 0.1) is 0 Å². The van der Waals surface area contributed by atoms with Crippen LogP contribution in [0.25, 0.3) is 0 Å². The van der Waals surface area contributed by atoms with Gasteiger partial charge >= 0.3 is 5.97 Å². The van der Waals surface area contributed by atoms with Crippen molar-refractivity contribution in [3.05, 3.63) is 10.6 Å². The third kappa shape index (κ3) is 3.99. The number of carbonyl (C=O) groups excluding carboxylic acids is 1. The van der Waals surface area contributed by atoms with Crippen molar-refractivity contribution in [1.82, 2.24) is 10.2 Å². The first-order valence-corrected chi connectivity index (χ1v) is 5.46. The van der Waals surface area contributed by atoms with Crippen LogP contribution < -0.4 is 5.32 Å². The lowest BCUT2D eigenvalue weighted by Crippen LogP contribution is -2.50. The van der Waals surface area contributed by atoms with Crippen molar-refractivity contribution >= 4 is 29.2 Å². The van der Waals surface area contributed by atoms with Gasteiger partial charge in [-0.15, -0.1) is 0 Å². The van der Waals surface area contributed by atoms with Gasteiger partial charge in [-0.25, -0.2) is 0 Å². The summed E-state index contributed by atoms with van der Waals surface area (Å²) in [5.41, 5.74) is 0. The average molecular weight is 253 g/mol. The molecule has 1 heterocycles. The molecule has 0 unspecified atom stereocenters.